The van der Waals surface area contributed by atoms with Crippen LogP contribution in [0.3, 0.4) is 0 Å². The molecule has 38 heavy (non-hydrogen) atoms. The van der Waals surface area contributed by atoms with Crippen molar-refractivity contribution in [2.24, 2.45) is 5.92 Å². The molecule has 0 heterocycles. The van der Waals surface area contributed by atoms with Crippen molar-refractivity contribution in [2.75, 3.05) is 7.11 Å². The van der Waals surface area contributed by atoms with Crippen LogP contribution in [-0.2, 0) is 14.4 Å². The zero-order valence-electron chi connectivity index (χ0n) is 20.8. The Hall–Kier alpha value is -3.31. The number of carbonyl (C=O) groups excluding carboxylic acids is 4. The number of methoxy groups -OCH3 is 1. The number of amides is 3. The monoisotopic (exact) mass is 575 g/mol. The molecule has 0 aliphatic rings. The summed E-state index contributed by atoms with van der Waals surface area (Å²) in [5.74, 6) is -5.22. The first kappa shape index (κ1) is 30.9. The molecule has 0 bridgehead atoms. The summed E-state index contributed by atoms with van der Waals surface area (Å²) in [4.78, 5) is 50.6. The van der Waals surface area contributed by atoms with Crippen molar-refractivity contribution in [1.82, 2.24) is 16.0 Å². The third kappa shape index (κ3) is 8.09. The topological polar surface area (TPSA) is 114 Å². The molecule has 2 aromatic carbocycles. The SMILES string of the molecule is COc1ccc(C(NC(=O)C(C)NC(=O)c2cc(Cl)ccc2Cl)C(=O)NC(C(=O)C(F)(F)F)C(C)C)cc1. The first-order chi connectivity index (χ1) is 17.6. The first-order valence-corrected chi connectivity index (χ1v) is 12.0. The van der Waals surface area contributed by atoms with Gasteiger partial charge in [-0.25, -0.2) is 0 Å². The molecule has 0 spiro atoms. The zero-order valence-corrected chi connectivity index (χ0v) is 22.3. The third-order valence-electron chi connectivity index (χ3n) is 5.44. The molecule has 3 unspecified atom stereocenters. The third-order valence-corrected chi connectivity index (χ3v) is 6.00. The highest BCUT2D eigenvalue weighted by Crippen LogP contribution is 2.24. The van der Waals surface area contributed by atoms with Gasteiger partial charge in [0.25, 0.3) is 11.7 Å². The lowest BCUT2D eigenvalue weighted by molar-refractivity contribution is -0.175. The highest BCUT2D eigenvalue weighted by Gasteiger charge is 2.45. The van der Waals surface area contributed by atoms with Crippen LogP contribution in [-0.4, -0.2) is 48.9 Å². The van der Waals surface area contributed by atoms with Crippen molar-refractivity contribution < 1.29 is 37.1 Å². The number of alkyl halides is 3. The number of benzene rings is 2. The standard InChI is InChI=1S/C25H26Cl2F3N3O5/c1-12(2)19(21(34)25(28,29)30)32-24(37)20(14-5-8-16(38-4)9-6-14)33-22(35)13(3)31-23(36)17-11-15(26)7-10-18(17)27/h5-13,19-20H,1-4H3,(H,31,36)(H,32,37)(H,33,35). The highest BCUT2D eigenvalue weighted by atomic mass is 35.5. The first-order valence-electron chi connectivity index (χ1n) is 11.3. The normalized spacial score (nSPS) is 13.7. The van der Waals surface area contributed by atoms with Crippen LogP contribution < -0.4 is 20.7 Å². The number of ketones is 1. The van der Waals surface area contributed by atoms with Crippen LogP contribution in [0.5, 0.6) is 5.75 Å². The van der Waals surface area contributed by atoms with Gasteiger partial charge < -0.3 is 20.7 Å². The van der Waals surface area contributed by atoms with E-state index in [9.17, 15) is 32.3 Å². The number of ether oxygens (including phenoxy) is 1. The lowest BCUT2D eigenvalue weighted by Gasteiger charge is -2.26. The Bertz CT molecular complexity index is 1190. The van der Waals surface area contributed by atoms with E-state index in [1.54, 1.807) is 0 Å². The Morgan fingerprint density at radius 2 is 1.47 bits per heavy atom. The van der Waals surface area contributed by atoms with Crippen LogP contribution in [0.15, 0.2) is 42.5 Å². The maximum atomic E-state index is 13.1. The van der Waals surface area contributed by atoms with Gasteiger partial charge in [-0.15, -0.1) is 0 Å². The number of rotatable bonds is 10. The van der Waals surface area contributed by atoms with E-state index in [0.29, 0.717) is 5.75 Å². The molecule has 0 aliphatic carbocycles. The molecule has 2 rings (SSSR count). The predicted octanol–water partition coefficient (Wildman–Crippen LogP) is 4.25. The van der Waals surface area contributed by atoms with Crippen molar-refractivity contribution in [2.45, 2.75) is 45.1 Å². The molecule has 3 amide bonds. The van der Waals surface area contributed by atoms with Gasteiger partial charge in [-0.3, -0.25) is 19.2 Å². The molecule has 0 aromatic heterocycles. The Labute approximate surface area is 227 Å². The molecule has 3 N–H and O–H groups in total. The van der Waals surface area contributed by atoms with Crippen LogP contribution in [0.1, 0.15) is 42.7 Å². The minimum atomic E-state index is -5.18. The lowest BCUT2D eigenvalue weighted by atomic mass is 9.97. The van der Waals surface area contributed by atoms with Crippen molar-refractivity contribution in [3.63, 3.8) is 0 Å². The molecular weight excluding hydrogens is 550 g/mol. The van der Waals surface area contributed by atoms with Gasteiger partial charge in [0.05, 0.1) is 23.7 Å². The summed E-state index contributed by atoms with van der Waals surface area (Å²) in [6.07, 6.45) is -5.18. The molecule has 8 nitrogen and oxygen atoms in total. The molecule has 2 aromatic rings. The predicted molar refractivity (Wildman–Crippen MR) is 135 cm³/mol. The zero-order chi connectivity index (χ0) is 28.8. The van der Waals surface area contributed by atoms with E-state index in [2.05, 4.69) is 16.0 Å². The number of hydrogen-bond acceptors (Lipinski definition) is 5. The van der Waals surface area contributed by atoms with Gasteiger partial charge in [0.2, 0.25) is 11.8 Å². The molecule has 0 fully saturated rings. The van der Waals surface area contributed by atoms with E-state index in [1.807, 2.05) is 0 Å². The summed E-state index contributed by atoms with van der Waals surface area (Å²) in [5.41, 5.74) is 0.198. The van der Waals surface area contributed by atoms with E-state index in [1.165, 1.54) is 70.3 Å². The summed E-state index contributed by atoms with van der Waals surface area (Å²) >= 11 is 11.9. The van der Waals surface area contributed by atoms with Crippen LogP contribution >= 0.6 is 23.2 Å². The Balaban J connectivity index is 2.30. The van der Waals surface area contributed by atoms with Crippen molar-refractivity contribution >= 4 is 46.7 Å². The van der Waals surface area contributed by atoms with E-state index < -0.39 is 53.7 Å². The second-order valence-electron chi connectivity index (χ2n) is 8.63. The summed E-state index contributed by atoms with van der Waals surface area (Å²) in [6, 6.07) is 5.40. The lowest BCUT2D eigenvalue weighted by Crippen LogP contribution is -2.54. The molecule has 0 saturated heterocycles. The molecule has 0 saturated carbocycles. The second-order valence-corrected chi connectivity index (χ2v) is 9.47. The number of nitrogens with one attached hydrogen (secondary N) is 3. The highest BCUT2D eigenvalue weighted by molar-refractivity contribution is 6.35. The molecule has 3 atom stereocenters. The van der Waals surface area contributed by atoms with E-state index >= 15 is 0 Å². The summed E-state index contributed by atoms with van der Waals surface area (Å²) in [6.45, 7) is 4.01. The van der Waals surface area contributed by atoms with Crippen molar-refractivity contribution in [1.29, 1.82) is 0 Å². The fourth-order valence-electron chi connectivity index (χ4n) is 3.32. The number of carbonyl (C=O) groups is 4. The van der Waals surface area contributed by atoms with E-state index in [0.717, 1.165) is 0 Å². The maximum Gasteiger partial charge on any atom is 0.452 e. The molecular formula is C25H26Cl2F3N3O5. The van der Waals surface area contributed by atoms with E-state index in [-0.39, 0.29) is 21.2 Å². The quantitative estimate of drug-likeness (QED) is 0.392. The summed E-state index contributed by atoms with van der Waals surface area (Å²) < 4.78 is 44.4. The van der Waals surface area contributed by atoms with E-state index in [4.69, 9.17) is 27.9 Å². The Kier molecular flexibility index (Phi) is 10.5. The van der Waals surface area contributed by atoms with Gasteiger partial charge in [0, 0.05) is 5.02 Å². The van der Waals surface area contributed by atoms with Gasteiger partial charge >= 0.3 is 6.18 Å². The molecule has 0 aliphatic heterocycles. The van der Waals surface area contributed by atoms with Crippen LogP contribution in [0, 0.1) is 5.92 Å². The molecule has 13 heteroatoms. The fourth-order valence-corrected chi connectivity index (χ4v) is 3.70. The summed E-state index contributed by atoms with van der Waals surface area (Å²) in [5, 5.41) is 7.27. The average molecular weight is 576 g/mol. The van der Waals surface area contributed by atoms with Gasteiger partial charge in [-0.05, 0) is 48.7 Å². The number of halogens is 5. The van der Waals surface area contributed by atoms with Gasteiger partial charge in [0.1, 0.15) is 17.8 Å². The van der Waals surface area contributed by atoms with Gasteiger partial charge in [-0.1, -0.05) is 49.2 Å². The minimum Gasteiger partial charge on any atom is -0.497 e. The smallest absolute Gasteiger partial charge is 0.452 e. The van der Waals surface area contributed by atoms with Crippen molar-refractivity contribution in [3.05, 3.63) is 63.6 Å². The van der Waals surface area contributed by atoms with Gasteiger partial charge in [0.15, 0.2) is 0 Å². The Morgan fingerprint density at radius 1 is 0.868 bits per heavy atom. The minimum absolute atomic E-state index is 0.00806. The number of Topliss-reactive ketones (excluding diaryl/α,β-unsaturated/α-hetero) is 1. The molecule has 0 radical (unpaired) electrons. The average Bonchev–Trinajstić information content (AvgIpc) is 2.85. The molecule has 206 valence electrons. The fraction of sp³-hybridized carbons (Fsp3) is 0.360. The maximum absolute atomic E-state index is 13.1. The van der Waals surface area contributed by atoms with Crippen LogP contribution in [0.2, 0.25) is 10.0 Å². The van der Waals surface area contributed by atoms with Crippen LogP contribution in [0.4, 0.5) is 13.2 Å². The largest absolute Gasteiger partial charge is 0.497 e. The number of hydrogen-bond donors (Lipinski definition) is 3. The summed E-state index contributed by atoms with van der Waals surface area (Å²) in [7, 11) is 1.41. The van der Waals surface area contributed by atoms with Crippen molar-refractivity contribution in [3.8, 4) is 5.75 Å². The second kappa shape index (κ2) is 13.0. The van der Waals surface area contributed by atoms with Crippen LogP contribution in [0.25, 0.3) is 0 Å². The van der Waals surface area contributed by atoms with Gasteiger partial charge in [-0.2, -0.15) is 13.2 Å². The Morgan fingerprint density at radius 3 is 2.00 bits per heavy atom.